The van der Waals surface area contributed by atoms with E-state index < -0.39 is 72.2 Å². The molecule has 2 N–H and O–H groups in total. The Labute approximate surface area is 271 Å². The van der Waals surface area contributed by atoms with E-state index >= 15 is 0 Å². The molecule has 46 heavy (non-hydrogen) atoms. The van der Waals surface area contributed by atoms with E-state index in [1.165, 1.54) is 31.7 Å². The standard InChI is InChI=1S/C30H41N3O12S/c1-9-10-11-33(17(4)36)24-13-26(23(32-16(3)35)12-22(24)31-15(2)34)46-30-29(44-21(8)40)28(43-20(7)39)27(42-19(6)38)25(45-30)14-41-18(5)37/h12-13,25,27-30H,9-11,14H2,1-8H3,(H,31,34)(H,32,35)/t25-,27+,28+,29-,30+/m1/s1. The summed E-state index contributed by atoms with van der Waals surface area (Å²) in [6.45, 7) is 10.3. The average Bonchev–Trinajstić information content (AvgIpc) is 2.91. The first kappa shape index (κ1) is 38.0. The summed E-state index contributed by atoms with van der Waals surface area (Å²) in [5, 5.41) is 5.40. The summed E-state index contributed by atoms with van der Waals surface area (Å²) in [6.07, 6.45) is -3.90. The second-order valence-corrected chi connectivity index (χ2v) is 11.6. The number of carbonyl (C=O) groups is 7. The minimum Gasteiger partial charge on any atom is -0.463 e. The maximum Gasteiger partial charge on any atom is 0.303 e. The first-order chi connectivity index (χ1) is 21.5. The van der Waals surface area contributed by atoms with Gasteiger partial charge in [0, 0.05) is 59.9 Å². The fraction of sp³-hybridized carbons (Fsp3) is 0.567. The first-order valence-electron chi connectivity index (χ1n) is 14.5. The Balaban J connectivity index is 2.80. The number of nitrogens with one attached hydrogen (secondary N) is 2. The second kappa shape index (κ2) is 17.5. The average molecular weight is 668 g/mol. The van der Waals surface area contributed by atoms with Crippen LogP contribution in [0.2, 0.25) is 0 Å². The van der Waals surface area contributed by atoms with Gasteiger partial charge in [-0.3, -0.25) is 33.6 Å². The SMILES string of the molecule is CCCCN(C(C)=O)c1cc(S[C@@H]2O[C@H](COC(C)=O)[C@H](OC(C)=O)[C@H](OC(C)=O)[C@H]2OC(C)=O)c(NC(C)=O)cc1NC(C)=O. The summed E-state index contributed by atoms with van der Waals surface area (Å²) in [5.74, 6) is -4.19. The maximum absolute atomic E-state index is 12.8. The highest BCUT2D eigenvalue weighted by molar-refractivity contribution is 8.00. The molecule has 1 aromatic rings. The number of hydrogen-bond donors (Lipinski definition) is 2. The van der Waals surface area contributed by atoms with E-state index in [1.807, 2.05) is 6.92 Å². The van der Waals surface area contributed by atoms with E-state index in [0.29, 0.717) is 23.5 Å². The summed E-state index contributed by atoms with van der Waals surface area (Å²) in [7, 11) is 0. The van der Waals surface area contributed by atoms with Crippen molar-refractivity contribution in [3.63, 3.8) is 0 Å². The zero-order valence-electron chi connectivity index (χ0n) is 27.1. The van der Waals surface area contributed by atoms with Crippen LogP contribution in [-0.4, -0.2) is 84.6 Å². The van der Waals surface area contributed by atoms with Gasteiger partial charge in [-0.25, -0.2) is 0 Å². The molecule has 0 spiro atoms. The van der Waals surface area contributed by atoms with Crippen molar-refractivity contribution in [2.24, 2.45) is 0 Å². The second-order valence-electron chi connectivity index (χ2n) is 10.4. The van der Waals surface area contributed by atoms with Gasteiger partial charge in [-0.15, -0.1) is 0 Å². The van der Waals surface area contributed by atoms with Gasteiger partial charge in [-0.1, -0.05) is 25.1 Å². The van der Waals surface area contributed by atoms with Gasteiger partial charge in [0.2, 0.25) is 17.7 Å². The number of unbranched alkanes of at least 4 members (excludes halogenated alkanes) is 1. The Morgan fingerprint density at radius 3 is 1.80 bits per heavy atom. The van der Waals surface area contributed by atoms with Crippen molar-refractivity contribution < 1.29 is 57.2 Å². The molecule has 1 heterocycles. The number of thioether (sulfide) groups is 1. The van der Waals surface area contributed by atoms with Crippen molar-refractivity contribution >= 4 is 70.4 Å². The number of esters is 4. The highest BCUT2D eigenvalue weighted by atomic mass is 32.2. The zero-order valence-corrected chi connectivity index (χ0v) is 27.9. The molecule has 0 aromatic heterocycles. The molecule has 0 radical (unpaired) electrons. The van der Waals surface area contributed by atoms with E-state index in [1.54, 1.807) is 6.07 Å². The van der Waals surface area contributed by atoms with Gasteiger partial charge in [0.15, 0.2) is 18.3 Å². The summed E-state index contributed by atoms with van der Waals surface area (Å²) in [6, 6.07) is 3.04. The first-order valence-corrected chi connectivity index (χ1v) is 15.4. The van der Waals surface area contributed by atoms with Crippen LogP contribution in [0, 0.1) is 0 Å². The molecule has 0 bridgehead atoms. The van der Waals surface area contributed by atoms with Crippen molar-refractivity contribution in [2.75, 3.05) is 28.7 Å². The number of ether oxygens (including phenoxy) is 5. The lowest BCUT2D eigenvalue weighted by Gasteiger charge is -2.44. The Morgan fingerprint density at radius 1 is 0.761 bits per heavy atom. The van der Waals surface area contributed by atoms with Crippen molar-refractivity contribution in [3.8, 4) is 0 Å². The number of rotatable bonds is 13. The van der Waals surface area contributed by atoms with Crippen LogP contribution in [-0.2, 0) is 57.2 Å². The summed E-state index contributed by atoms with van der Waals surface area (Å²) in [4.78, 5) is 87.3. The number of anilines is 3. The van der Waals surface area contributed by atoms with Crippen molar-refractivity contribution in [2.45, 2.75) is 103 Å². The molecular formula is C30H41N3O12S. The third-order valence-corrected chi connectivity index (χ3v) is 7.52. The number of hydrogen-bond acceptors (Lipinski definition) is 13. The molecule has 0 aliphatic carbocycles. The molecule has 1 aliphatic heterocycles. The number of carbonyl (C=O) groups excluding carboxylic acids is 7. The van der Waals surface area contributed by atoms with E-state index in [9.17, 15) is 33.6 Å². The Hall–Kier alpha value is -4.18. The van der Waals surface area contributed by atoms with Gasteiger partial charge in [-0.2, -0.15) is 0 Å². The van der Waals surface area contributed by atoms with E-state index in [2.05, 4.69) is 10.6 Å². The molecule has 1 fully saturated rings. The molecule has 5 atom stereocenters. The molecule has 2 rings (SSSR count). The van der Waals surface area contributed by atoms with Crippen LogP contribution < -0.4 is 15.5 Å². The molecule has 3 amide bonds. The molecule has 16 heteroatoms. The van der Waals surface area contributed by atoms with Crippen LogP contribution in [0.1, 0.15) is 68.2 Å². The van der Waals surface area contributed by atoms with Crippen LogP contribution in [0.4, 0.5) is 17.1 Å². The fourth-order valence-corrected chi connectivity index (χ4v) is 5.85. The zero-order chi connectivity index (χ0) is 34.7. The summed E-state index contributed by atoms with van der Waals surface area (Å²) >= 11 is 0.931. The largest absolute Gasteiger partial charge is 0.463 e. The molecule has 1 aromatic carbocycles. The number of nitrogens with zero attached hydrogens (tertiary/aromatic N) is 1. The minimum absolute atomic E-state index is 0.205. The van der Waals surface area contributed by atoms with Crippen LogP contribution in [0.3, 0.4) is 0 Å². The highest BCUT2D eigenvalue weighted by Gasteiger charge is 2.52. The van der Waals surface area contributed by atoms with Crippen molar-refractivity contribution in [1.82, 2.24) is 0 Å². The van der Waals surface area contributed by atoms with Gasteiger partial charge < -0.3 is 39.2 Å². The van der Waals surface area contributed by atoms with Gasteiger partial charge >= 0.3 is 23.9 Å². The quantitative estimate of drug-likeness (QED) is 0.231. The Kier molecular flexibility index (Phi) is 14.5. The van der Waals surface area contributed by atoms with E-state index in [4.69, 9.17) is 23.7 Å². The van der Waals surface area contributed by atoms with Crippen LogP contribution >= 0.6 is 11.8 Å². The van der Waals surface area contributed by atoms with Crippen LogP contribution in [0.25, 0.3) is 0 Å². The van der Waals surface area contributed by atoms with Gasteiger partial charge in [0.1, 0.15) is 18.1 Å². The van der Waals surface area contributed by atoms with Crippen molar-refractivity contribution in [1.29, 1.82) is 0 Å². The predicted molar refractivity (Wildman–Crippen MR) is 166 cm³/mol. The highest BCUT2D eigenvalue weighted by Crippen LogP contribution is 2.44. The molecule has 15 nitrogen and oxygen atoms in total. The van der Waals surface area contributed by atoms with Gasteiger partial charge in [0.05, 0.1) is 17.1 Å². The molecular weight excluding hydrogens is 626 g/mol. The van der Waals surface area contributed by atoms with Crippen molar-refractivity contribution in [3.05, 3.63) is 12.1 Å². The third-order valence-electron chi connectivity index (χ3n) is 6.32. The smallest absolute Gasteiger partial charge is 0.303 e. The topological polar surface area (TPSA) is 193 Å². The van der Waals surface area contributed by atoms with E-state index in [0.717, 1.165) is 45.9 Å². The molecule has 1 aliphatic rings. The maximum atomic E-state index is 12.8. The molecule has 0 saturated carbocycles. The minimum atomic E-state index is -1.40. The lowest BCUT2D eigenvalue weighted by Crippen LogP contribution is -2.61. The summed E-state index contributed by atoms with van der Waals surface area (Å²) < 4.78 is 27.9. The predicted octanol–water partition coefficient (Wildman–Crippen LogP) is 2.93. The number of amides is 3. The third kappa shape index (κ3) is 11.3. The molecule has 0 unspecified atom stereocenters. The van der Waals surface area contributed by atoms with Gasteiger partial charge in [-0.05, 0) is 18.6 Å². The molecule has 1 saturated heterocycles. The monoisotopic (exact) mass is 667 g/mol. The van der Waals surface area contributed by atoms with Gasteiger partial charge in [0.25, 0.3) is 0 Å². The lowest BCUT2D eigenvalue weighted by molar-refractivity contribution is -0.237. The molecule has 254 valence electrons. The Bertz CT molecular complexity index is 1340. The van der Waals surface area contributed by atoms with Crippen LogP contribution in [0.15, 0.2) is 17.0 Å². The fourth-order valence-electron chi connectivity index (χ4n) is 4.64. The lowest BCUT2D eigenvalue weighted by atomic mass is 9.99. The summed E-state index contributed by atoms with van der Waals surface area (Å²) in [5.41, 5.74) is -0.447. The number of benzene rings is 1. The normalized spacial score (nSPS) is 20.5. The van der Waals surface area contributed by atoms with Crippen LogP contribution in [0.5, 0.6) is 0 Å². The Morgan fingerprint density at radius 2 is 1.30 bits per heavy atom. The van der Waals surface area contributed by atoms with E-state index in [-0.39, 0.29) is 17.3 Å².